The highest BCUT2D eigenvalue weighted by molar-refractivity contribution is 5.85. The number of carbonyl (C=O) groups is 1. The van der Waals surface area contributed by atoms with Gasteiger partial charge in [0.05, 0.1) is 6.07 Å². The highest BCUT2D eigenvalue weighted by Gasteiger charge is 2.38. The summed E-state index contributed by atoms with van der Waals surface area (Å²) >= 11 is 0. The molecule has 102 valence electrons. The molecule has 1 aliphatic heterocycles. The topological polar surface area (TPSA) is 47.3 Å². The van der Waals surface area contributed by atoms with Crippen LogP contribution in [0.15, 0.2) is 0 Å². The van der Waals surface area contributed by atoms with Crippen molar-refractivity contribution in [2.45, 2.75) is 33.1 Å². The lowest BCUT2D eigenvalue weighted by atomic mass is 9.82. The highest BCUT2D eigenvalue weighted by atomic mass is 16.2. The normalized spacial score (nSPS) is 20.7. The Morgan fingerprint density at radius 2 is 2.11 bits per heavy atom. The number of rotatable bonds is 5. The van der Waals surface area contributed by atoms with Gasteiger partial charge in [-0.15, -0.1) is 0 Å². The average molecular weight is 251 g/mol. The van der Waals surface area contributed by atoms with Crippen molar-refractivity contribution < 1.29 is 4.79 Å². The molecule has 1 aliphatic rings. The summed E-state index contributed by atoms with van der Waals surface area (Å²) in [5.74, 6) is 0.540. The molecular formula is C14H25N3O. The Labute approximate surface area is 111 Å². The van der Waals surface area contributed by atoms with E-state index in [0.717, 1.165) is 26.1 Å². The minimum atomic E-state index is -0.820. The predicted octanol–water partition coefficient (Wildman–Crippen LogP) is 1.73. The molecule has 18 heavy (non-hydrogen) atoms. The van der Waals surface area contributed by atoms with E-state index in [2.05, 4.69) is 18.0 Å². The van der Waals surface area contributed by atoms with Gasteiger partial charge >= 0.3 is 0 Å². The van der Waals surface area contributed by atoms with Crippen molar-refractivity contribution >= 4 is 5.91 Å². The minimum Gasteiger partial charge on any atom is -0.344 e. The van der Waals surface area contributed by atoms with Crippen molar-refractivity contribution in [1.29, 1.82) is 5.26 Å². The van der Waals surface area contributed by atoms with E-state index in [4.69, 9.17) is 0 Å². The zero-order valence-corrected chi connectivity index (χ0v) is 12.1. The monoisotopic (exact) mass is 251 g/mol. The SMILES string of the molecule is CCC(C#N)(CC)C(=O)N(C)CC1CCN(C)C1. The lowest BCUT2D eigenvalue weighted by Gasteiger charge is -2.30. The number of nitriles is 1. The number of carbonyl (C=O) groups excluding carboxylic acids is 1. The summed E-state index contributed by atoms with van der Waals surface area (Å²) in [4.78, 5) is 16.5. The maximum absolute atomic E-state index is 12.4. The largest absolute Gasteiger partial charge is 0.344 e. The van der Waals surface area contributed by atoms with Gasteiger partial charge in [0.15, 0.2) is 0 Å². The van der Waals surface area contributed by atoms with E-state index in [1.54, 1.807) is 4.90 Å². The molecule has 0 bridgehead atoms. The maximum Gasteiger partial charge on any atom is 0.242 e. The molecule has 1 unspecified atom stereocenters. The van der Waals surface area contributed by atoms with Crippen molar-refractivity contribution in [3.8, 4) is 6.07 Å². The lowest BCUT2D eigenvalue weighted by Crippen LogP contribution is -2.43. The van der Waals surface area contributed by atoms with Gasteiger partial charge in [0.25, 0.3) is 0 Å². The van der Waals surface area contributed by atoms with Crippen molar-refractivity contribution in [1.82, 2.24) is 9.80 Å². The molecule has 1 fully saturated rings. The molecule has 0 saturated carbocycles. The number of amides is 1. The molecule has 4 nitrogen and oxygen atoms in total. The zero-order chi connectivity index (χ0) is 13.8. The Bertz CT molecular complexity index is 330. The fourth-order valence-corrected chi connectivity index (χ4v) is 2.77. The number of hydrogen-bond acceptors (Lipinski definition) is 3. The third kappa shape index (κ3) is 3.02. The second-order valence-electron chi connectivity index (χ2n) is 5.50. The van der Waals surface area contributed by atoms with Gasteiger partial charge in [-0.3, -0.25) is 4.79 Å². The van der Waals surface area contributed by atoms with E-state index in [1.807, 2.05) is 20.9 Å². The Hall–Kier alpha value is -1.08. The molecule has 4 heteroatoms. The molecule has 1 saturated heterocycles. The van der Waals surface area contributed by atoms with Gasteiger partial charge in [0.2, 0.25) is 5.91 Å². The zero-order valence-electron chi connectivity index (χ0n) is 12.1. The van der Waals surface area contributed by atoms with Gasteiger partial charge in [-0.1, -0.05) is 13.8 Å². The average Bonchev–Trinajstić information content (AvgIpc) is 2.77. The summed E-state index contributed by atoms with van der Waals surface area (Å²) in [5.41, 5.74) is -0.820. The van der Waals surface area contributed by atoms with Gasteiger partial charge in [-0.2, -0.15) is 5.26 Å². The Morgan fingerprint density at radius 1 is 1.50 bits per heavy atom. The van der Waals surface area contributed by atoms with Crippen LogP contribution in [0.1, 0.15) is 33.1 Å². The molecule has 0 spiro atoms. The fourth-order valence-electron chi connectivity index (χ4n) is 2.77. The summed E-state index contributed by atoms with van der Waals surface area (Å²) in [6.07, 6.45) is 2.33. The summed E-state index contributed by atoms with van der Waals surface area (Å²) in [7, 11) is 3.94. The van der Waals surface area contributed by atoms with Crippen molar-refractivity contribution in [2.24, 2.45) is 11.3 Å². The van der Waals surface area contributed by atoms with Crippen LogP contribution >= 0.6 is 0 Å². The van der Waals surface area contributed by atoms with E-state index in [9.17, 15) is 10.1 Å². The van der Waals surface area contributed by atoms with Crippen LogP contribution in [0.2, 0.25) is 0 Å². The number of likely N-dealkylation sites (tertiary alicyclic amines) is 1. The van der Waals surface area contributed by atoms with Gasteiger partial charge in [0, 0.05) is 20.1 Å². The van der Waals surface area contributed by atoms with E-state index >= 15 is 0 Å². The molecule has 0 aromatic heterocycles. The molecule has 0 aliphatic carbocycles. The molecule has 1 atom stereocenters. The fraction of sp³-hybridized carbons (Fsp3) is 0.857. The summed E-state index contributed by atoms with van der Waals surface area (Å²) in [6, 6.07) is 2.23. The van der Waals surface area contributed by atoms with Gasteiger partial charge in [-0.25, -0.2) is 0 Å². The first-order valence-electron chi connectivity index (χ1n) is 6.84. The third-order valence-electron chi connectivity index (χ3n) is 4.20. The van der Waals surface area contributed by atoms with Crippen LogP contribution in [0.25, 0.3) is 0 Å². The van der Waals surface area contributed by atoms with Crippen LogP contribution in [0.5, 0.6) is 0 Å². The van der Waals surface area contributed by atoms with E-state index in [1.165, 1.54) is 0 Å². The molecule has 1 rings (SSSR count). The smallest absolute Gasteiger partial charge is 0.242 e. The second-order valence-corrected chi connectivity index (χ2v) is 5.50. The third-order valence-corrected chi connectivity index (χ3v) is 4.20. The van der Waals surface area contributed by atoms with Crippen LogP contribution in [-0.4, -0.2) is 49.4 Å². The minimum absolute atomic E-state index is 0.00967. The van der Waals surface area contributed by atoms with Crippen LogP contribution in [0.4, 0.5) is 0 Å². The number of hydrogen-bond donors (Lipinski definition) is 0. The summed E-state index contributed by atoms with van der Waals surface area (Å²) < 4.78 is 0. The summed E-state index contributed by atoms with van der Waals surface area (Å²) in [5, 5.41) is 9.29. The Balaban J connectivity index is 2.63. The molecule has 1 amide bonds. The molecule has 0 N–H and O–H groups in total. The van der Waals surface area contributed by atoms with Crippen LogP contribution in [0.3, 0.4) is 0 Å². The first-order valence-corrected chi connectivity index (χ1v) is 6.84. The Morgan fingerprint density at radius 3 is 2.50 bits per heavy atom. The first kappa shape index (κ1) is 15.0. The molecular weight excluding hydrogens is 226 g/mol. The number of nitrogens with zero attached hydrogens (tertiary/aromatic N) is 3. The van der Waals surface area contributed by atoms with E-state index < -0.39 is 5.41 Å². The van der Waals surface area contributed by atoms with Gasteiger partial charge < -0.3 is 9.80 Å². The maximum atomic E-state index is 12.4. The predicted molar refractivity (Wildman–Crippen MR) is 71.9 cm³/mol. The van der Waals surface area contributed by atoms with E-state index in [0.29, 0.717) is 18.8 Å². The molecule has 0 radical (unpaired) electrons. The molecule has 0 aromatic rings. The van der Waals surface area contributed by atoms with Crippen molar-refractivity contribution in [2.75, 3.05) is 33.7 Å². The van der Waals surface area contributed by atoms with Crippen LogP contribution < -0.4 is 0 Å². The van der Waals surface area contributed by atoms with Crippen molar-refractivity contribution in [3.05, 3.63) is 0 Å². The quantitative estimate of drug-likeness (QED) is 0.747. The first-order chi connectivity index (χ1) is 8.49. The standard InChI is InChI=1S/C14H25N3O/c1-5-14(6-2,11-15)13(18)17(4)10-12-7-8-16(3)9-12/h12H,5-10H2,1-4H3. The molecule has 0 aromatic carbocycles. The van der Waals surface area contributed by atoms with Crippen LogP contribution in [-0.2, 0) is 4.79 Å². The van der Waals surface area contributed by atoms with E-state index in [-0.39, 0.29) is 5.91 Å². The molecule has 1 heterocycles. The van der Waals surface area contributed by atoms with Crippen molar-refractivity contribution in [3.63, 3.8) is 0 Å². The summed E-state index contributed by atoms with van der Waals surface area (Å²) in [6.45, 7) is 6.77. The van der Waals surface area contributed by atoms with Crippen LogP contribution in [0, 0.1) is 22.7 Å². The van der Waals surface area contributed by atoms with Gasteiger partial charge in [-0.05, 0) is 38.8 Å². The Kier molecular flexibility index (Phi) is 5.15. The lowest BCUT2D eigenvalue weighted by molar-refractivity contribution is -0.138. The highest BCUT2D eigenvalue weighted by Crippen LogP contribution is 2.28. The second kappa shape index (κ2) is 6.19. The van der Waals surface area contributed by atoms with Gasteiger partial charge in [0.1, 0.15) is 5.41 Å².